The Labute approximate surface area is 180 Å². The van der Waals surface area contributed by atoms with Gasteiger partial charge in [0.15, 0.2) is 0 Å². The molecule has 2 aliphatic rings. The second-order valence-corrected chi connectivity index (χ2v) is 8.40. The Kier molecular flexibility index (Phi) is 10.3. The average molecular weight is 417 g/mol. The van der Waals surface area contributed by atoms with Gasteiger partial charge in [0.25, 0.3) is 0 Å². The van der Waals surface area contributed by atoms with E-state index in [0.29, 0.717) is 0 Å². The molecule has 0 saturated heterocycles. The largest absolute Gasteiger partial charge is 0.459 e. The maximum absolute atomic E-state index is 12.0. The predicted molar refractivity (Wildman–Crippen MR) is 119 cm³/mol. The summed E-state index contributed by atoms with van der Waals surface area (Å²) in [5.74, 6) is -0.253. The van der Waals surface area contributed by atoms with Gasteiger partial charge in [-0.1, -0.05) is 48.5 Å². The highest BCUT2D eigenvalue weighted by Gasteiger charge is 2.17. The number of allylic oxidation sites excluding steroid dienone is 8. The molecule has 2 rings (SSSR count). The molecule has 3 N–H and O–H groups in total. The van der Waals surface area contributed by atoms with E-state index in [1.165, 1.54) is 18.1 Å². The van der Waals surface area contributed by atoms with Crippen molar-refractivity contribution in [2.75, 3.05) is 0 Å². The maximum atomic E-state index is 12.0. The zero-order chi connectivity index (χ0) is 21.9. The molecule has 3 unspecified atom stereocenters. The van der Waals surface area contributed by atoms with Gasteiger partial charge in [0.2, 0.25) is 0 Å². The van der Waals surface area contributed by atoms with E-state index in [2.05, 4.69) is 6.08 Å². The van der Waals surface area contributed by atoms with E-state index in [1.54, 1.807) is 13.0 Å². The first-order valence-electron chi connectivity index (χ1n) is 11.0. The molecule has 0 aromatic heterocycles. The molecule has 0 amide bonds. The van der Waals surface area contributed by atoms with Crippen molar-refractivity contribution in [2.24, 2.45) is 0 Å². The molecule has 0 heterocycles. The van der Waals surface area contributed by atoms with E-state index < -0.39 is 18.3 Å². The van der Waals surface area contributed by atoms with Crippen LogP contribution in [0.3, 0.4) is 0 Å². The summed E-state index contributed by atoms with van der Waals surface area (Å²) >= 11 is 0. The molecule has 0 radical (unpaired) electrons. The van der Waals surface area contributed by atoms with Gasteiger partial charge in [0, 0.05) is 12.5 Å². The van der Waals surface area contributed by atoms with Crippen LogP contribution in [0.5, 0.6) is 0 Å². The van der Waals surface area contributed by atoms with E-state index in [1.807, 2.05) is 31.2 Å². The van der Waals surface area contributed by atoms with Crippen LogP contribution < -0.4 is 0 Å². The summed E-state index contributed by atoms with van der Waals surface area (Å²) in [5.41, 5.74) is 3.12. The molecule has 0 aromatic rings. The Morgan fingerprint density at radius 1 is 1.17 bits per heavy atom. The summed E-state index contributed by atoms with van der Waals surface area (Å²) in [5, 5.41) is 29.0. The normalized spacial score (nSPS) is 23.2. The van der Waals surface area contributed by atoms with Gasteiger partial charge < -0.3 is 20.1 Å². The van der Waals surface area contributed by atoms with Gasteiger partial charge in [-0.05, 0) is 63.5 Å². The molecule has 1 fully saturated rings. The number of hydrogen-bond acceptors (Lipinski definition) is 5. The van der Waals surface area contributed by atoms with Gasteiger partial charge in [0.1, 0.15) is 6.10 Å². The van der Waals surface area contributed by atoms with Crippen molar-refractivity contribution in [3.8, 4) is 0 Å². The van der Waals surface area contributed by atoms with Gasteiger partial charge in [-0.15, -0.1) is 0 Å². The van der Waals surface area contributed by atoms with Crippen molar-refractivity contribution < 1.29 is 24.9 Å². The third-order valence-corrected chi connectivity index (χ3v) is 5.42. The second kappa shape index (κ2) is 12.7. The number of hydrogen-bond donors (Lipinski definition) is 3. The van der Waals surface area contributed by atoms with Crippen LogP contribution >= 0.6 is 0 Å². The van der Waals surface area contributed by atoms with Crippen molar-refractivity contribution in [1.82, 2.24) is 0 Å². The molecule has 0 bridgehead atoms. The standard InChI is InChI=1S/C25H36O5/c1-18(15-23(27)24(28)16-19(2)26)7-6-8-20-11-12-21(17-20)13-14-25(29)30-22-9-4-3-5-10-22/h6-8,13-15,17,19,22-24,26-28H,3-5,9-12,16H2,1-2H3/b7-6+,14-13+,18-15+,20-8+. The lowest BCUT2D eigenvalue weighted by Gasteiger charge is -2.20. The van der Waals surface area contributed by atoms with E-state index >= 15 is 0 Å². The predicted octanol–water partition coefficient (Wildman–Crippen LogP) is 4.06. The van der Waals surface area contributed by atoms with Crippen molar-refractivity contribution >= 4 is 5.97 Å². The van der Waals surface area contributed by atoms with Crippen LogP contribution in [-0.4, -0.2) is 45.7 Å². The number of aliphatic hydroxyl groups excluding tert-OH is 3. The number of carbonyl (C=O) groups excluding carboxylic acids is 1. The zero-order valence-corrected chi connectivity index (χ0v) is 18.2. The fourth-order valence-electron chi connectivity index (χ4n) is 3.74. The molecule has 1 saturated carbocycles. The number of rotatable bonds is 9. The van der Waals surface area contributed by atoms with E-state index in [0.717, 1.165) is 49.7 Å². The molecular formula is C25H36O5. The van der Waals surface area contributed by atoms with Crippen LogP contribution in [0.1, 0.15) is 65.2 Å². The van der Waals surface area contributed by atoms with Crippen LogP contribution in [0, 0.1) is 0 Å². The van der Waals surface area contributed by atoms with Gasteiger partial charge in [0.05, 0.1) is 18.3 Å². The molecule has 166 valence electrons. The van der Waals surface area contributed by atoms with Gasteiger partial charge in [-0.3, -0.25) is 0 Å². The highest BCUT2D eigenvalue weighted by molar-refractivity contribution is 5.82. The van der Waals surface area contributed by atoms with E-state index in [9.17, 15) is 20.1 Å². The highest BCUT2D eigenvalue weighted by atomic mass is 16.5. The maximum Gasteiger partial charge on any atom is 0.331 e. The molecular weight excluding hydrogens is 380 g/mol. The zero-order valence-electron chi connectivity index (χ0n) is 18.2. The van der Waals surface area contributed by atoms with Gasteiger partial charge in [-0.25, -0.2) is 4.79 Å². The minimum absolute atomic E-state index is 0.0806. The first-order valence-corrected chi connectivity index (χ1v) is 11.0. The number of aliphatic hydroxyl groups is 3. The van der Waals surface area contributed by atoms with Crippen molar-refractivity contribution in [3.63, 3.8) is 0 Å². The third-order valence-electron chi connectivity index (χ3n) is 5.42. The summed E-state index contributed by atoms with van der Waals surface area (Å²) in [6.45, 7) is 3.43. The smallest absolute Gasteiger partial charge is 0.331 e. The lowest BCUT2D eigenvalue weighted by Crippen LogP contribution is -2.27. The summed E-state index contributed by atoms with van der Waals surface area (Å²) < 4.78 is 5.50. The minimum atomic E-state index is -1.01. The molecule has 0 aromatic carbocycles. The van der Waals surface area contributed by atoms with Crippen molar-refractivity contribution in [3.05, 3.63) is 59.3 Å². The molecule has 2 aliphatic carbocycles. The Hall–Kier alpha value is -1.95. The topological polar surface area (TPSA) is 87.0 Å². The first-order chi connectivity index (χ1) is 14.3. The lowest BCUT2D eigenvalue weighted by atomic mass is 9.98. The van der Waals surface area contributed by atoms with Crippen LogP contribution in [-0.2, 0) is 9.53 Å². The third kappa shape index (κ3) is 9.24. The summed E-state index contributed by atoms with van der Waals surface area (Å²) in [7, 11) is 0. The average Bonchev–Trinajstić information content (AvgIpc) is 3.14. The quantitative estimate of drug-likeness (QED) is 0.300. The number of esters is 1. The van der Waals surface area contributed by atoms with Crippen LogP contribution in [0.25, 0.3) is 0 Å². The SMILES string of the molecule is CC(/C=C/C=C1C=C(/C=C/C(=O)OC2CCCCC2)CC/1)=C\C(O)C(O)CC(C)O. The van der Waals surface area contributed by atoms with Gasteiger partial charge in [-0.2, -0.15) is 0 Å². The van der Waals surface area contributed by atoms with E-state index in [-0.39, 0.29) is 18.5 Å². The molecule has 30 heavy (non-hydrogen) atoms. The lowest BCUT2D eigenvalue weighted by molar-refractivity contribution is -0.144. The molecule has 0 aliphatic heterocycles. The Bertz CT molecular complexity index is 705. The van der Waals surface area contributed by atoms with Crippen molar-refractivity contribution in [2.45, 2.75) is 89.6 Å². The van der Waals surface area contributed by atoms with Crippen LogP contribution in [0.4, 0.5) is 0 Å². The fraction of sp³-hybridized carbons (Fsp3) is 0.560. The number of ether oxygens (including phenoxy) is 1. The summed E-state index contributed by atoms with van der Waals surface area (Å²) in [6.07, 6.45) is 17.7. The van der Waals surface area contributed by atoms with Gasteiger partial charge >= 0.3 is 5.97 Å². The monoisotopic (exact) mass is 416 g/mol. The number of carbonyl (C=O) groups is 1. The minimum Gasteiger partial charge on any atom is -0.459 e. The fourth-order valence-corrected chi connectivity index (χ4v) is 3.74. The van der Waals surface area contributed by atoms with Crippen molar-refractivity contribution in [1.29, 1.82) is 0 Å². The Morgan fingerprint density at radius 2 is 1.90 bits per heavy atom. The molecule has 5 nitrogen and oxygen atoms in total. The van der Waals surface area contributed by atoms with E-state index in [4.69, 9.17) is 4.74 Å². The summed E-state index contributed by atoms with van der Waals surface area (Å²) in [6, 6.07) is 0. The first kappa shape index (κ1) is 24.3. The summed E-state index contributed by atoms with van der Waals surface area (Å²) in [4.78, 5) is 12.0. The second-order valence-electron chi connectivity index (χ2n) is 8.40. The van der Waals surface area contributed by atoms with Crippen LogP contribution in [0.2, 0.25) is 0 Å². The molecule has 0 spiro atoms. The molecule has 3 atom stereocenters. The Morgan fingerprint density at radius 3 is 2.60 bits per heavy atom. The Balaban J connectivity index is 1.82. The highest BCUT2D eigenvalue weighted by Crippen LogP contribution is 2.25. The molecule has 5 heteroatoms. The van der Waals surface area contributed by atoms with Crippen LogP contribution in [0.15, 0.2) is 59.3 Å².